The molecule has 21 heavy (non-hydrogen) atoms. The summed E-state index contributed by atoms with van der Waals surface area (Å²) < 4.78 is 0. The molecule has 7 nitrogen and oxygen atoms in total. The Hall–Kier alpha value is -1.79. The monoisotopic (exact) mass is 297 g/mol. The van der Waals surface area contributed by atoms with Crippen molar-refractivity contribution < 1.29 is 9.59 Å². The molecule has 120 valence electrons. The first-order valence-electron chi connectivity index (χ1n) is 7.54. The first kappa shape index (κ1) is 17.3. The number of carbonyl (C=O) groups is 2. The standard InChI is InChI=1S/C14H27N5O2/c1-4-15-14(17-8-7-12(20)19(2)3)18-10-9-16-13(21)11-5-6-11/h11H,4-10H2,1-3H3,(H,16,21)(H2,15,17,18). The van der Waals surface area contributed by atoms with E-state index in [1.807, 2.05) is 6.92 Å². The summed E-state index contributed by atoms with van der Waals surface area (Å²) >= 11 is 0. The lowest BCUT2D eigenvalue weighted by atomic mass is 10.4. The van der Waals surface area contributed by atoms with Crippen molar-refractivity contribution in [1.82, 2.24) is 20.9 Å². The van der Waals surface area contributed by atoms with E-state index in [0.29, 0.717) is 32.0 Å². The molecule has 7 heteroatoms. The van der Waals surface area contributed by atoms with E-state index in [0.717, 1.165) is 19.4 Å². The SMILES string of the molecule is CCNC(=NCCC(=O)N(C)C)NCCNC(=O)C1CC1. The van der Waals surface area contributed by atoms with Crippen molar-refractivity contribution in [3.63, 3.8) is 0 Å². The second kappa shape index (κ2) is 9.20. The number of guanidine groups is 1. The van der Waals surface area contributed by atoms with Crippen LogP contribution >= 0.6 is 0 Å². The van der Waals surface area contributed by atoms with E-state index < -0.39 is 0 Å². The molecule has 0 atom stereocenters. The smallest absolute Gasteiger partial charge is 0.223 e. The molecule has 0 bridgehead atoms. The molecule has 0 saturated heterocycles. The molecule has 3 N–H and O–H groups in total. The minimum atomic E-state index is 0.0614. The molecule has 2 amide bonds. The normalized spacial score (nSPS) is 14.5. The summed E-state index contributed by atoms with van der Waals surface area (Å²) in [5.74, 6) is 1.12. The summed E-state index contributed by atoms with van der Waals surface area (Å²) in [7, 11) is 3.47. The molecule has 0 radical (unpaired) electrons. The summed E-state index contributed by atoms with van der Waals surface area (Å²) in [6.45, 7) is 4.38. The first-order valence-corrected chi connectivity index (χ1v) is 7.54. The Morgan fingerprint density at radius 1 is 1.14 bits per heavy atom. The number of aliphatic imine (C=N–C) groups is 1. The van der Waals surface area contributed by atoms with Gasteiger partial charge in [-0.3, -0.25) is 14.6 Å². The molecule has 0 spiro atoms. The van der Waals surface area contributed by atoms with Crippen LogP contribution in [0.4, 0.5) is 0 Å². The Balaban J connectivity index is 2.21. The Morgan fingerprint density at radius 3 is 2.38 bits per heavy atom. The highest BCUT2D eigenvalue weighted by Crippen LogP contribution is 2.28. The van der Waals surface area contributed by atoms with Crippen LogP contribution in [-0.2, 0) is 9.59 Å². The molecule has 1 rings (SSSR count). The number of hydrogen-bond donors (Lipinski definition) is 3. The van der Waals surface area contributed by atoms with Crippen molar-refractivity contribution >= 4 is 17.8 Å². The largest absolute Gasteiger partial charge is 0.357 e. The fraction of sp³-hybridized carbons (Fsp3) is 0.786. The maximum atomic E-state index is 11.5. The van der Waals surface area contributed by atoms with E-state index in [9.17, 15) is 9.59 Å². The highest BCUT2D eigenvalue weighted by Gasteiger charge is 2.28. The maximum absolute atomic E-state index is 11.5. The van der Waals surface area contributed by atoms with Crippen LogP contribution in [0.2, 0.25) is 0 Å². The zero-order valence-corrected chi connectivity index (χ0v) is 13.2. The summed E-state index contributed by atoms with van der Waals surface area (Å²) in [6.07, 6.45) is 2.43. The summed E-state index contributed by atoms with van der Waals surface area (Å²) in [6, 6.07) is 0. The van der Waals surface area contributed by atoms with Crippen molar-refractivity contribution in [2.24, 2.45) is 10.9 Å². The molecule has 1 aliphatic carbocycles. The zero-order chi connectivity index (χ0) is 15.7. The van der Waals surface area contributed by atoms with E-state index in [1.54, 1.807) is 19.0 Å². The van der Waals surface area contributed by atoms with Gasteiger partial charge in [-0.1, -0.05) is 0 Å². The van der Waals surface area contributed by atoms with E-state index in [2.05, 4.69) is 20.9 Å². The lowest BCUT2D eigenvalue weighted by molar-refractivity contribution is -0.128. The average Bonchev–Trinajstić information content (AvgIpc) is 3.27. The van der Waals surface area contributed by atoms with E-state index in [1.165, 1.54) is 0 Å². The van der Waals surface area contributed by atoms with E-state index in [-0.39, 0.29) is 17.7 Å². The Bertz CT molecular complexity index is 378. The van der Waals surface area contributed by atoms with Gasteiger partial charge >= 0.3 is 0 Å². The second-order valence-electron chi connectivity index (χ2n) is 5.29. The second-order valence-corrected chi connectivity index (χ2v) is 5.29. The van der Waals surface area contributed by atoms with Gasteiger partial charge < -0.3 is 20.9 Å². The van der Waals surface area contributed by atoms with Crippen LogP contribution in [-0.4, -0.2) is 62.9 Å². The van der Waals surface area contributed by atoms with Gasteiger partial charge in [0.15, 0.2) is 5.96 Å². The minimum Gasteiger partial charge on any atom is -0.357 e. The molecule has 1 aliphatic rings. The molecular formula is C14H27N5O2. The van der Waals surface area contributed by atoms with Crippen LogP contribution < -0.4 is 16.0 Å². The van der Waals surface area contributed by atoms with Gasteiger partial charge in [-0.25, -0.2) is 0 Å². The number of nitrogens with one attached hydrogen (secondary N) is 3. The Kier molecular flexibility index (Phi) is 7.56. The highest BCUT2D eigenvalue weighted by molar-refractivity contribution is 5.82. The zero-order valence-electron chi connectivity index (χ0n) is 13.2. The van der Waals surface area contributed by atoms with Crippen LogP contribution in [0.1, 0.15) is 26.2 Å². The maximum Gasteiger partial charge on any atom is 0.223 e. The van der Waals surface area contributed by atoms with Crippen molar-refractivity contribution in [1.29, 1.82) is 0 Å². The Labute approximate surface area is 126 Å². The molecule has 0 aromatic heterocycles. The van der Waals surface area contributed by atoms with Gasteiger partial charge in [0, 0.05) is 46.1 Å². The summed E-state index contributed by atoms with van der Waals surface area (Å²) in [5, 5.41) is 9.13. The molecule has 1 fully saturated rings. The molecule has 0 aliphatic heterocycles. The van der Waals surface area contributed by atoms with Crippen molar-refractivity contribution in [3.05, 3.63) is 0 Å². The van der Waals surface area contributed by atoms with Gasteiger partial charge in [-0.2, -0.15) is 0 Å². The third-order valence-corrected chi connectivity index (χ3v) is 3.10. The molecule has 0 aromatic carbocycles. The molecule has 0 unspecified atom stereocenters. The highest BCUT2D eigenvalue weighted by atomic mass is 16.2. The molecule has 0 aromatic rings. The topological polar surface area (TPSA) is 85.8 Å². The third-order valence-electron chi connectivity index (χ3n) is 3.10. The summed E-state index contributed by atoms with van der Waals surface area (Å²) in [5.41, 5.74) is 0. The summed E-state index contributed by atoms with van der Waals surface area (Å²) in [4.78, 5) is 28.8. The van der Waals surface area contributed by atoms with E-state index in [4.69, 9.17) is 0 Å². The first-order chi connectivity index (χ1) is 10.0. The third kappa shape index (κ3) is 7.53. The molecule has 1 saturated carbocycles. The fourth-order valence-corrected chi connectivity index (χ4v) is 1.69. The number of amides is 2. The number of hydrogen-bond acceptors (Lipinski definition) is 3. The number of nitrogens with zero attached hydrogens (tertiary/aromatic N) is 2. The van der Waals surface area contributed by atoms with Crippen molar-refractivity contribution in [3.8, 4) is 0 Å². The van der Waals surface area contributed by atoms with Gasteiger partial charge in [0.05, 0.1) is 6.54 Å². The van der Waals surface area contributed by atoms with Crippen molar-refractivity contribution in [2.75, 3.05) is 40.3 Å². The van der Waals surface area contributed by atoms with Crippen molar-refractivity contribution in [2.45, 2.75) is 26.2 Å². The number of rotatable bonds is 8. The number of carbonyl (C=O) groups excluding carboxylic acids is 2. The predicted octanol–water partition coefficient (Wildman–Crippen LogP) is -0.454. The van der Waals surface area contributed by atoms with Gasteiger partial charge in [-0.05, 0) is 19.8 Å². The quantitative estimate of drug-likeness (QED) is 0.322. The van der Waals surface area contributed by atoms with Crippen LogP contribution in [0.25, 0.3) is 0 Å². The Morgan fingerprint density at radius 2 is 1.81 bits per heavy atom. The van der Waals surface area contributed by atoms with E-state index >= 15 is 0 Å². The predicted molar refractivity (Wildman–Crippen MR) is 83.0 cm³/mol. The lowest BCUT2D eigenvalue weighted by Gasteiger charge is -2.12. The average molecular weight is 297 g/mol. The van der Waals surface area contributed by atoms with Gasteiger partial charge in [0.2, 0.25) is 11.8 Å². The van der Waals surface area contributed by atoms with Crippen LogP contribution in [0.3, 0.4) is 0 Å². The fourth-order valence-electron chi connectivity index (χ4n) is 1.69. The van der Waals surface area contributed by atoms with Gasteiger partial charge in [0.25, 0.3) is 0 Å². The van der Waals surface area contributed by atoms with Gasteiger partial charge in [-0.15, -0.1) is 0 Å². The molecule has 0 heterocycles. The van der Waals surface area contributed by atoms with Crippen LogP contribution in [0.15, 0.2) is 4.99 Å². The minimum absolute atomic E-state index is 0.0614. The van der Waals surface area contributed by atoms with Crippen LogP contribution in [0, 0.1) is 5.92 Å². The van der Waals surface area contributed by atoms with Crippen LogP contribution in [0.5, 0.6) is 0 Å². The molecular weight excluding hydrogens is 270 g/mol. The lowest BCUT2D eigenvalue weighted by Crippen LogP contribution is -2.42. The van der Waals surface area contributed by atoms with Gasteiger partial charge in [0.1, 0.15) is 0 Å².